The van der Waals surface area contributed by atoms with E-state index in [0.29, 0.717) is 10.9 Å². The number of hydrogen-bond acceptors (Lipinski definition) is 15. The van der Waals surface area contributed by atoms with Gasteiger partial charge in [-0.2, -0.15) is 8.62 Å². The number of nitro groups is 2. The van der Waals surface area contributed by atoms with Crippen LogP contribution >= 0.6 is 23.5 Å². The van der Waals surface area contributed by atoms with Crippen molar-refractivity contribution in [2.75, 3.05) is 12.3 Å². The Kier molecular flexibility index (Phi) is 11.2. The van der Waals surface area contributed by atoms with Gasteiger partial charge in [0.2, 0.25) is 0 Å². The monoisotopic (exact) mass is 741 g/mol. The van der Waals surface area contributed by atoms with E-state index in [1.54, 1.807) is 13.8 Å². The third-order valence-corrected chi connectivity index (χ3v) is 10.7. The van der Waals surface area contributed by atoms with Crippen molar-refractivity contribution in [1.82, 2.24) is 9.55 Å². The summed E-state index contributed by atoms with van der Waals surface area (Å²) in [6, 6.07) is 4.96. The van der Waals surface area contributed by atoms with E-state index in [1.165, 1.54) is 29.1 Å². The van der Waals surface area contributed by atoms with Gasteiger partial charge >= 0.3 is 23.5 Å². The Morgan fingerprint density at radius 1 is 1.06 bits per heavy atom. The number of nitro benzene ring substituents is 2. The number of fused-ring (bicyclic) bond motifs is 1. The highest BCUT2D eigenvalue weighted by Crippen LogP contribution is 2.66. The average molecular weight is 741 g/mol. The van der Waals surface area contributed by atoms with Gasteiger partial charge in [0, 0.05) is 47.6 Å². The minimum absolute atomic E-state index is 0.151. The first-order valence-corrected chi connectivity index (χ1v) is 18.1. The third kappa shape index (κ3) is 8.87. The van der Waals surface area contributed by atoms with Crippen LogP contribution in [0.25, 0.3) is 11.0 Å². The second-order valence-corrected chi connectivity index (χ2v) is 15.1. The first-order chi connectivity index (χ1) is 22.2. The summed E-state index contributed by atoms with van der Waals surface area (Å²) < 4.78 is 59.8. The van der Waals surface area contributed by atoms with E-state index in [-0.39, 0.29) is 29.9 Å². The Balaban J connectivity index is 1.57. The number of phosphoric ester groups is 1. The van der Waals surface area contributed by atoms with Gasteiger partial charge in [-0.3, -0.25) is 24.8 Å². The molecule has 1 saturated heterocycles. The molecule has 1 aliphatic rings. The second kappa shape index (κ2) is 14.3. The Bertz CT molecular complexity index is 1820. The van der Waals surface area contributed by atoms with Gasteiger partial charge < -0.3 is 44.5 Å². The summed E-state index contributed by atoms with van der Waals surface area (Å²) in [5.74, 6) is -0.475. The molecule has 0 amide bonds. The van der Waals surface area contributed by atoms with Crippen LogP contribution in [0.4, 0.5) is 17.1 Å². The van der Waals surface area contributed by atoms with Gasteiger partial charge in [-0.1, -0.05) is 13.8 Å². The van der Waals surface area contributed by atoms with E-state index in [2.05, 4.69) is 18.1 Å². The van der Waals surface area contributed by atoms with Crippen LogP contribution in [0.5, 0.6) is 0 Å². The first kappa shape index (κ1) is 37.6. The van der Waals surface area contributed by atoms with E-state index in [9.17, 15) is 48.8 Å². The molecule has 2 aromatic heterocycles. The number of rotatable bonds is 15. The normalized spacial score (nSPS) is 21.6. The van der Waals surface area contributed by atoms with Gasteiger partial charge in [-0.15, -0.1) is 0 Å². The predicted octanol–water partition coefficient (Wildman–Crippen LogP) is 3.34. The molecule has 0 radical (unpaired) electrons. The van der Waals surface area contributed by atoms with E-state index in [1.807, 2.05) is 0 Å². The molecule has 264 valence electrons. The van der Waals surface area contributed by atoms with Gasteiger partial charge in [0.1, 0.15) is 23.5 Å². The molecule has 0 aliphatic carbocycles. The lowest BCUT2D eigenvalue weighted by molar-refractivity contribution is -0.397. The van der Waals surface area contributed by atoms with Crippen molar-refractivity contribution < 1.29 is 70.8 Å². The van der Waals surface area contributed by atoms with Crippen molar-refractivity contribution in [3.05, 3.63) is 68.0 Å². The van der Waals surface area contributed by atoms with E-state index in [0.717, 1.165) is 12.1 Å². The van der Waals surface area contributed by atoms with Crippen LogP contribution in [0.15, 0.2) is 36.7 Å². The van der Waals surface area contributed by atoms with E-state index >= 15 is 0 Å². The number of aromatic nitrogens is 2. The van der Waals surface area contributed by atoms with E-state index in [4.69, 9.17) is 25.0 Å². The quantitative estimate of drug-likeness (QED) is 0.0738. The van der Waals surface area contributed by atoms with Crippen molar-refractivity contribution in [2.45, 2.75) is 51.4 Å². The zero-order valence-corrected chi connectivity index (χ0v) is 27.5. The smallest absolute Gasteiger partial charge is 0.398 e. The maximum atomic E-state index is 12.1. The lowest BCUT2D eigenvalue weighted by Crippen LogP contribution is -2.26. The molecule has 0 saturated carbocycles. The van der Waals surface area contributed by atoms with Crippen molar-refractivity contribution in [2.24, 2.45) is 5.92 Å². The zero-order valence-electron chi connectivity index (χ0n) is 24.8. The van der Waals surface area contributed by atoms with Crippen LogP contribution in [0.1, 0.15) is 43.7 Å². The fourth-order valence-electron chi connectivity index (χ4n) is 5.06. The molecular weight excluding hydrogens is 711 g/mol. The molecule has 1 aromatic carbocycles. The van der Waals surface area contributed by atoms with E-state index < -0.39 is 81.8 Å². The zero-order chi connectivity index (χ0) is 35.8. The topological polar surface area (TPSA) is 329 Å². The van der Waals surface area contributed by atoms with Crippen molar-refractivity contribution in [3.8, 4) is 0 Å². The second-order valence-electron chi connectivity index (χ2n) is 10.7. The number of aliphatic hydroxyl groups is 1. The lowest BCUT2D eigenvalue weighted by Gasteiger charge is -2.21. The SMILES string of the molecule is CC(C)[C@H](OCc1cn([C@H]2C[C@@H](O)[C@@H](COP(=O)(O)OP(=O)(O)OP(=O)(O)O)O2)c2nccc(N)c12)c1c([N+](=O)[O-])cccc1[N+](=O)[O-]. The minimum atomic E-state index is -5.76. The maximum absolute atomic E-state index is 12.1. The summed E-state index contributed by atoms with van der Waals surface area (Å²) in [6.45, 7) is 2.16. The predicted molar refractivity (Wildman–Crippen MR) is 161 cm³/mol. The number of nitrogens with two attached hydrogens (primary N) is 1. The molecule has 4 rings (SSSR count). The summed E-state index contributed by atoms with van der Waals surface area (Å²) >= 11 is 0. The lowest BCUT2D eigenvalue weighted by atomic mass is 9.95. The van der Waals surface area contributed by atoms with Crippen LogP contribution in [-0.2, 0) is 42.9 Å². The fourth-order valence-corrected chi connectivity index (χ4v) is 8.09. The van der Waals surface area contributed by atoms with Crippen LogP contribution in [0.2, 0.25) is 0 Å². The Labute approximate surface area is 269 Å². The number of anilines is 1. The van der Waals surface area contributed by atoms with Crippen molar-refractivity contribution in [1.29, 1.82) is 0 Å². The Morgan fingerprint density at radius 3 is 2.25 bits per heavy atom. The minimum Gasteiger partial charge on any atom is -0.398 e. The molecule has 25 heteroatoms. The third-order valence-electron chi connectivity index (χ3n) is 6.92. The number of hydrogen-bond donors (Lipinski definition) is 6. The molecular formula is C23H30N5O17P3. The molecule has 1 fully saturated rings. The number of aliphatic hydroxyl groups excluding tert-OH is 1. The molecule has 3 aromatic rings. The highest BCUT2D eigenvalue weighted by atomic mass is 31.3. The van der Waals surface area contributed by atoms with Crippen LogP contribution in [-0.4, -0.2) is 62.9 Å². The maximum Gasteiger partial charge on any atom is 0.490 e. The summed E-state index contributed by atoms with van der Waals surface area (Å²) in [4.78, 5) is 62.8. The molecule has 7 N–H and O–H groups in total. The van der Waals surface area contributed by atoms with Gasteiger partial charge in [0.15, 0.2) is 0 Å². The first-order valence-electron chi connectivity index (χ1n) is 13.6. The summed E-state index contributed by atoms with van der Waals surface area (Å²) in [6.07, 6.45) is -2.11. The summed E-state index contributed by atoms with van der Waals surface area (Å²) in [5, 5.41) is 34.6. The van der Waals surface area contributed by atoms with Gasteiger partial charge in [0.05, 0.1) is 35.3 Å². The Hall–Kier alpha value is -3.20. The molecule has 22 nitrogen and oxygen atoms in total. The van der Waals surface area contributed by atoms with Crippen LogP contribution < -0.4 is 5.73 Å². The average Bonchev–Trinajstić information content (AvgIpc) is 3.50. The molecule has 0 bridgehead atoms. The van der Waals surface area contributed by atoms with Crippen molar-refractivity contribution in [3.63, 3.8) is 0 Å². The number of nitrogens with zero attached hydrogens (tertiary/aromatic N) is 4. The summed E-state index contributed by atoms with van der Waals surface area (Å²) in [5.41, 5.74) is 5.87. The van der Waals surface area contributed by atoms with Gasteiger partial charge in [-0.05, 0) is 18.1 Å². The molecule has 3 heterocycles. The molecule has 6 atom stereocenters. The number of phosphoric acid groups is 3. The van der Waals surface area contributed by atoms with Crippen LogP contribution in [0.3, 0.4) is 0 Å². The highest BCUT2D eigenvalue weighted by molar-refractivity contribution is 7.66. The van der Waals surface area contributed by atoms with Gasteiger partial charge in [0.25, 0.3) is 11.4 Å². The molecule has 0 spiro atoms. The summed E-state index contributed by atoms with van der Waals surface area (Å²) in [7, 11) is -16.9. The van der Waals surface area contributed by atoms with Crippen LogP contribution in [0, 0.1) is 26.1 Å². The Morgan fingerprint density at radius 2 is 1.69 bits per heavy atom. The van der Waals surface area contributed by atoms with Crippen molar-refractivity contribution >= 4 is 51.6 Å². The molecule has 1 aliphatic heterocycles. The number of nitrogen functional groups attached to an aromatic ring is 1. The number of pyridine rings is 1. The molecule has 48 heavy (non-hydrogen) atoms. The highest BCUT2D eigenvalue weighted by Gasteiger charge is 2.43. The fraction of sp³-hybridized carbons (Fsp3) is 0.435. The molecule has 2 unspecified atom stereocenters. The number of ether oxygens (including phenoxy) is 2. The van der Waals surface area contributed by atoms with Gasteiger partial charge in [-0.25, -0.2) is 18.7 Å². The largest absolute Gasteiger partial charge is 0.490 e. The standard InChI is InChI=1S/C23H30N5O17P3/c1-12(2)22(21-15(27(30)31)4-3-5-16(21)28(32)33)41-10-13-9-26(23-20(13)14(24)6-7-25-23)19-8-17(29)18(43-19)11-42-47(37,38)45-48(39,40)44-46(34,35)36/h3-7,9,12,17-19,22,29H,8,10-11H2,1-2H3,(H2,24,25)(H,37,38)(H,39,40)(H2,34,35,36)/t17-,18-,19-,22+/m1/s1. The number of benzene rings is 1.